The third-order valence-corrected chi connectivity index (χ3v) is 5.12. The zero-order valence-corrected chi connectivity index (χ0v) is 17.6. The van der Waals surface area contributed by atoms with Crippen LogP contribution in [0.4, 0.5) is 16.2 Å². The van der Waals surface area contributed by atoms with E-state index in [-0.39, 0.29) is 11.9 Å². The molecule has 31 heavy (non-hydrogen) atoms. The molecule has 1 aromatic carbocycles. The predicted octanol–water partition coefficient (Wildman–Crippen LogP) is 2.07. The molecule has 160 valence electrons. The van der Waals surface area contributed by atoms with Crippen molar-refractivity contribution in [2.24, 2.45) is 0 Å². The number of anilines is 2. The quantitative estimate of drug-likeness (QED) is 0.655. The number of hydrogen-bond donors (Lipinski definition) is 2. The van der Waals surface area contributed by atoms with Crippen molar-refractivity contribution < 1.29 is 13.9 Å². The number of halogens is 1. The number of rotatable bonds is 4. The molecule has 0 radical (unpaired) electrons. The second-order valence-electron chi connectivity index (χ2n) is 7.43. The van der Waals surface area contributed by atoms with Gasteiger partial charge in [-0.05, 0) is 24.6 Å². The van der Waals surface area contributed by atoms with E-state index in [1.807, 2.05) is 14.1 Å². The highest BCUT2D eigenvalue weighted by atomic mass is 19.1. The Kier molecular flexibility index (Phi) is 5.14. The summed E-state index contributed by atoms with van der Waals surface area (Å²) in [6.07, 6.45) is 1.94. The van der Waals surface area contributed by atoms with Crippen molar-refractivity contribution in [2.45, 2.75) is 19.4 Å². The van der Waals surface area contributed by atoms with Gasteiger partial charge in [0.25, 0.3) is 11.8 Å². The van der Waals surface area contributed by atoms with E-state index >= 15 is 0 Å². The lowest BCUT2D eigenvalue weighted by molar-refractivity contribution is 0.0922. The van der Waals surface area contributed by atoms with Crippen molar-refractivity contribution in [3.63, 3.8) is 0 Å². The van der Waals surface area contributed by atoms with Crippen LogP contribution in [0.5, 0.6) is 5.88 Å². The summed E-state index contributed by atoms with van der Waals surface area (Å²) in [5, 5.41) is 2.97. The highest BCUT2D eigenvalue weighted by Gasteiger charge is 2.31. The summed E-state index contributed by atoms with van der Waals surface area (Å²) in [7, 11) is 5.15. The van der Waals surface area contributed by atoms with Gasteiger partial charge in [-0.15, -0.1) is 0 Å². The Labute approximate surface area is 178 Å². The van der Waals surface area contributed by atoms with Crippen LogP contribution in [0.15, 0.2) is 24.4 Å². The van der Waals surface area contributed by atoms with Crippen LogP contribution in [-0.2, 0) is 6.42 Å². The van der Waals surface area contributed by atoms with Gasteiger partial charge in [0.05, 0.1) is 42.0 Å². The van der Waals surface area contributed by atoms with Gasteiger partial charge in [0.15, 0.2) is 5.82 Å². The summed E-state index contributed by atoms with van der Waals surface area (Å²) >= 11 is 0. The van der Waals surface area contributed by atoms with E-state index in [0.29, 0.717) is 51.9 Å². The van der Waals surface area contributed by atoms with Crippen LogP contribution in [0.2, 0.25) is 0 Å². The van der Waals surface area contributed by atoms with Gasteiger partial charge in [-0.3, -0.25) is 4.79 Å². The first-order valence-corrected chi connectivity index (χ1v) is 9.60. The summed E-state index contributed by atoms with van der Waals surface area (Å²) in [5.41, 5.74) is 8.90. The van der Waals surface area contributed by atoms with Gasteiger partial charge in [0.1, 0.15) is 5.82 Å². The molecule has 0 bridgehead atoms. The molecule has 1 amide bonds. The molecule has 0 saturated carbocycles. The van der Waals surface area contributed by atoms with E-state index in [0.717, 1.165) is 0 Å². The SMILES string of the molecule is COc1nc(-c2cc(F)ccc2[C@H]2Cc3nc(N)nc(C)c3C(=O)N2)cnc1N(C)C. The van der Waals surface area contributed by atoms with Crippen molar-refractivity contribution in [2.75, 3.05) is 31.8 Å². The molecule has 9 nitrogen and oxygen atoms in total. The molecule has 1 aliphatic rings. The van der Waals surface area contributed by atoms with Crippen LogP contribution in [0, 0.1) is 12.7 Å². The number of benzene rings is 1. The average molecular weight is 423 g/mol. The Morgan fingerprint density at radius 2 is 2.03 bits per heavy atom. The second-order valence-corrected chi connectivity index (χ2v) is 7.43. The Bertz CT molecular complexity index is 1180. The van der Waals surface area contributed by atoms with Crippen LogP contribution in [0.25, 0.3) is 11.3 Å². The smallest absolute Gasteiger partial charge is 0.257 e. The van der Waals surface area contributed by atoms with Gasteiger partial charge < -0.3 is 20.7 Å². The van der Waals surface area contributed by atoms with Gasteiger partial charge in [0.2, 0.25) is 5.95 Å². The minimum Gasteiger partial charge on any atom is -0.478 e. The first-order chi connectivity index (χ1) is 14.8. The van der Waals surface area contributed by atoms with Crippen LogP contribution in [0.1, 0.15) is 33.4 Å². The molecule has 0 spiro atoms. The molecule has 3 heterocycles. The van der Waals surface area contributed by atoms with Crippen LogP contribution >= 0.6 is 0 Å². The van der Waals surface area contributed by atoms with Gasteiger partial charge in [-0.25, -0.2) is 24.3 Å². The lowest BCUT2D eigenvalue weighted by Gasteiger charge is -2.27. The normalized spacial score (nSPS) is 15.3. The molecule has 10 heteroatoms. The fraction of sp³-hybridized carbons (Fsp3) is 0.286. The minimum absolute atomic E-state index is 0.110. The number of methoxy groups -OCH3 is 1. The van der Waals surface area contributed by atoms with Gasteiger partial charge in [-0.1, -0.05) is 6.07 Å². The first-order valence-electron chi connectivity index (χ1n) is 9.60. The van der Waals surface area contributed by atoms with Crippen molar-refractivity contribution in [3.8, 4) is 17.1 Å². The van der Waals surface area contributed by atoms with Crippen molar-refractivity contribution >= 4 is 17.7 Å². The maximum atomic E-state index is 14.2. The van der Waals surface area contributed by atoms with E-state index in [9.17, 15) is 9.18 Å². The molecular weight excluding hydrogens is 401 g/mol. The molecule has 3 aromatic rings. The molecule has 4 rings (SSSR count). The van der Waals surface area contributed by atoms with E-state index in [2.05, 4.69) is 25.3 Å². The van der Waals surface area contributed by atoms with Gasteiger partial charge >= 0.3 is 0 Å². The van der Waals surface area contributed by atoms with E-state index < -0.39 is 11.9 Å². The van der Waals surface area contributed by atoms with Crippen molar-refractivity contribution in [1.82, 2.24) is 25.3 Å². The summed E-state index contributed by atoms with van der Waals surface area (Å²) in [4.78, 5) is 31.8. The third-order valence-electron chi connectivity index (χ3n) is 5.12. The summed E-state index contributed by atoms with van der Waals surface area (Å²) in [6.45, 7) is 1.72. The number of aryl methyl sites for hydroxylation is 1. The standard InChI is InChI=1S/C21H22FN7O2/c1-10-17-15(28-21(23)25-10)8-14(26-19(17)30)12-6-5-11(22)7-13(12)16-9-24-18(29(2)3)20(27-16)31-4/h5-7,9,14H,8H2,1-4H3,(H,26,30)(H2,23,25,28)/t14-/m1/s1. The molecule has 2 aromatic heterocycles. The molecule has 0 unspecified atom stereocenters. The first kappa shape index (κ1) is 20.5. The van der Waals surface area contributed by atoms with Crippen LogP contribution < -0.4 is 20.7 Å². The highest BCUT2D eigenvalue weighted by Crippen LogP contribution is 2.34. The van der Waals surface area contributed by atoms with Crippen molar-refractivity contribution in [3.05, 3.63) is 52.7 Å². The number of carbonyl (C=O) groups is 1. The zero-order chi connectivity index (χ0) is 22.3. The van der Waals surface area contributed by atoms with Crippen molar-refractivity contribution in [1.29, 1.82) is 0 Å². The molecule has 1 aliphatic heterocycles. The summed E-state index contributed by atoms with van der Waals surface area (Å²) in [6, 6.07) is 3.89. The number of carbonyl (C=O) groups excluding carboxylic acids is 1. The van der Waals surface area contributed by atoms with E-state index in [1.165, 1.54) is 19.2 Å². The third kappa shape index (κ3) is 3.72. The summed E-state index contributed by atoms with van der Waals surface area (Å²) < 4.78 is 19.6. The maximum absolute atomic E-state index is 14.2. The van der Waals surface area contributed by atoms with E-state index in [1.54, 1.807) is 24.1 Å². The Morgan fingerprint density at radius 1 is 1.26 bits per heavy atom. The Balaban J connectivity index is 1.81. The number of nitrogen functional groups attached to an aromatic ring is 1. The second kappa shape index (κ2) is 7.78. The number of nitrogens with one attached hydrogen (secondary N) is 1. The monoisotopic (exact) mass is 423 g/mol. The number of nitrogens with two attached hydrogens (primary N) is 1. The zero-order valence-electron chi connectivity index (χ0n) is 17.6. The van der Waals surface area contributed by atoms with Gasteiger partial charge in [0, 0.05) is 26.1 Å². The Hall–Kier alpha value is -3.82. The highest BCUT2D eigenvalue weighted by molar-refractivity contribution is 5.98. The lowest BCUT2D eigenvalue weighted by atomic mass is 9.90. The molecule has 0 saturated heterocycles. The lowest BCUT2D eigenvalue weighted by Crippen LogP contribution is -2.37. The molecule has 0 fully saturated rings. The largest absolute Gasteiger partial charge is 0.478 e. The van der Waals surface area contributed by atoms with Crippen LogP contribution in [-0.4, -0.2) is 47.0 Å². The molecular formula is C21H22FN7O2. The van der Waals surface area contributed by atoms with Crippen LogP contribution in [0.3, 0.4) is 0 Å². The number of amides is 1. The number of hydrogen-bond acceptors (Lipinski definition) is 8. The van der Waals surface area contributed by atoms with Gasteiger partial charge in [-0.2, -0.15) is 0 Å². The fourth-order valence-corrected chi connectivity index (χ4v) is 3.75. The molecule has 1 atom stereocenters. The number of nitrogens with zero attached hydrogens (tertiary/aromatic N) is 5. The molecule has 3 N–H and O–H groups in total. The fourth-order valence-electron chi connectivity index (χ4n) is 3.75. The average Bonchev–Trinajstić information content (AvgIpc) is 2.72. The Morgan fingerprint density at radius 3 is 2.74 bits per heavy atom. The minimum atomic E-state index is -0.453. The predicted molar refractivity (Wildman–Crippen MR) is 113 cm³/mol. The number of fused-ring (bicyclic) bond motifs is 1. The summed E-state index contributed by atoms with van der Waals surface area (Å²) in [5.74, 6) is 0.240. The number of aromatic nitrogens is 4. The van der Waals surface area contributed by atoms with E-state index in [4.69, 9.17) is 10.5 Å². The number of ether oxygens (including phenoxy) is 1. The topological polar surface area (TPSA) is 119 Å². The molecule has 0 aliphatic carbocycles. The maximum Gasteiger partial charge on any atom is 0.257 e.